The molecule has 0 aliphatic rings. The average Bonchev–Trinajstić information content (AvgIpc) is 2.70. The predicted octanol–water partition coefficient (Wildman–Crippen LogP) is 3.66. The van der Waals surface area contributed by atoms with Crippen molar-refractivity contribution in [3.63, 3.8) is 0 Å². The van der Waals surface area contributed by atoms with Gasteiger partial charge in [0.2, 0.25) is 0 Å². The van der Waals surface area contributed by atoms with Crippen LogP contribution in [-0.4, -0.2) is 14.3 Å². The van der Waals surface area contributed by atoms with E-state index in [0.29, 0.717) is 11.3 Å². The van der Waals surface area contributed by atoms with Gasteiger partial charge in [0, 0.05) is 5.56 Å². The number of hydrogen-bond acceptors (Lipinski definition) is 4. The molecule has 0 atom stereocenters. The third-order valence-corrected chi connectivity index (χ3v) is 5.44. The Morgan fingerprint density at radius 3 is 2.21 bits per heavy atom. The summed E-state index contributed by atoms with van der Waals surface area (Å²) in [4.78, 5) is 17.4. The number of sulfonamides is 1. The molecule has 0 aromatic heterocycles. The van der Waals surface area contributed by atoms with E-state index >= 15 is 0 Å². The zero-order valence-electron chi connectivity index (χ0n) is 15.3. The molecule has 0 heterocycles. The van der Waals surface area contributed by atoms with Crippen LogP contribution in [0.4, 0.5) is 5.69 Å². The first-order valence-corrected chi connectivity index (χ1v) is 10.1. The maximum Gasteiger partial charge on any atom is 0.274 e. The Kier molecular flexibility index (Phi) is 6.08. The van der Waals surface area contributed by atoms with Gasteiger partial charge in [-0.25, -0.2) is 13.9 Å². The topological polar surface area (TPSA) is 84.5 Å². The number of rotatable bonds is 7. The summed E-state index contributed by atoms with van der Waals surface area (Å²) in [6.45, 7) is 2.06. The smallest absolute Gasteiger partial charge is 0.274 e. The number of hydrogen-bond donors (Lipinski definition) is 2. The minimum Gasteiger partial charge on any atom is -0.279 e. The van der Waals surface area contributed by atoms with Crippen molar-refractivity contribution < 1.29 is 18.0 Å². The largest absolute Gasteiger partial charge is 0.279 e. The van der Waals surface area contributed by atoms with Gasteiger partial charge in [0.15, 0.2) is 0 Å². The van der Waals surface area contributed by atoms with Gasteiger partial charge < -0.3 is 0 Å². The molecule has 0 spiro atoms. The van der Waals surface area contributed by atoms with Crippen LogP contribution < -0.4 is 10.2 Å². The lowest BCUT2D eigenvalue weighted by Gasteiger charge is -2.11. The van der Waals surface area contributed by atoms with Crippen LogP contribution in [0.5, 0.6) is 0 Å². The summed E-state index contributed by atoms with van der Waals surface area (Å²) in [5.41, 5.74) is 4.90. The number of carbonyl (C=O) groups is 1. The van der Waals surface area contributed by atoms with Crippen LogP contribution >= 0.6 is 0 Å². The van der Waals surface area contributed by atoms with Gasteiger partial charge in [0.25, 0.3) is 15.9 Å². The highest BCUT2D eigenvalue weighted by Gasteiger charge is 2.16. The summed E-state index contributed by atoms with van der Waals surface area (Å²) in [6.07, 6.45) is 0. The molecular weight excluding hydrogens is 376 g/mol. The van der Waals surface area contributed by atoms with Crippen LogP contribution in [0.1, 0.15) is 21.5 Å². The van der Waals surface area contributed by atoms with Gasteiger partial charge in [-0.15, -0.1) is 0 Å². The van der Waals surface area contributed by atoms with Crippen molar-refractivity contribution in [1.82, 2.24) is 5.48 Å². The highest BCUT2D eigenvalue weighted by atomic mass is 32.2. The quantitative estimate of drug-likeness (QED) is 0.597. The van der Waals surface area contributed by atoms with E-state index in [9.17, 15) is 13.2 Å². The Morgan fingerprint density at radius 1 is 0.893 bits per heavy atom. The predicted molar refractivity (Wildman–Crippen MR) is 107 cm³/mol. The van der Waals surface area contributed by atoms with Crippen LogP contribution in [0.15, 0.2) is 83.8 Å². The molecule has 6 nitrogen and oxygen atoms in total. The number of aryl methyl sites for hydroxylation is 1. The Hall–Kier alpha value is -3.16. The summed E-state index contributed by atoms with van der Waals surface area (Å²) < 4.78 is 27.6. The number of amides is 1. The average molecular weight is 396 g/mol. The second kappa shape index (κ2) is 8.69. The highest BCUT2D eigenvalue weighted by Crippen LogP contribution is 2.19. The fourth-order valence-electron chi connectivity index (χ4n) is 2.49. The van der Waals surface area contributed by atoms with Crippen molar-refractivity contribution in [2.75, 3.05) is 4.72 Å². The van der Waals surface area contributed by atoms with Crippen molar-refractivity contribution >= 4 is 21.6 Å². The van der Waals surface area contributed by atoms with E-state index in [1.165, 1.54) is 24.3 Å². The first kappa shape index (κ1) is 19.6. The molecule has 0 aliphatic carbocycles. The Balaban J connectivity index is 1.62. The van der Waals surface area contributed by atoms with Crippen LogP contribution in [0.25, 0.3) is 0 Å². The van der Waals surface area contributed by atoms with E-state index < -0.39 is 15.9 Å². The standard InChI is InChI=1S/C21H20N2O4S/c1-16-7-5-6-10-20(16)23-28(25,26)19-13-11-18(12-14-19)21(24)22-27-15-17-8-3-2-4-9-17/h2-14,23H,15H2,1H3,(H,22,24). The van der Waals surface area contributed by atoms with E-state index in [0.717, 1.165) is 11.1 Å². The van der Waals surface area contributed by atoms with Gasteiger partial charge in [-0.1, -0.05) is 48.5 Å². The summed E-state index contributed by atoms with van der Waals surface area (Å²) >= 11 is 0. The zero-order valence-corrected chi connectivity index (χ0v) is 16.1. The van der Waals surface area contributed by atoms with Gasteiger partial charge in [0.05, 0.1) is 17.2 Å². The van der Waals surface area contributed by atoms with Crippen LogP contribution in [0, 0.1) is 6.92 Å². The van der Waals surface area contributed by atoms with E-state index in [2.05, 4.69) is 10.2 Å². The second-order valence-corrected chi connectivity index (χ2v) is 7.83. The molecule has 3 rings (SSSR count). The Morgan fingerprint density at radius 2 is 1.54 bits per heavy atom. The number of nitrogens with one attached hydrogen (secondary N) is 2. The normalized spacial score (nSPS) is 11.0. The van der Waals surface area contributed by atoms with E-state index in [1.807, 2.05) is 49.4 Å². The molecule has 0 aliphatic heterocycles. The molecular formula is C21H20N2O4S. The molecule has 0 radical (unpaired) electrons. The Labute approximate surface area is 164 Å². The number of para-hydroxylation sites is 1. The van der Waals surface area contributed by atoms with Crippen LogP contribution in [0.2, 0.25) is 0 Å². The van der Waals surface area contributed by atoms with Crippen molar-refractivity contribution in [1.29, 1.82) is 0 Å². The first-order chi connectivity index (χ1) is 13.5. The zero-order chi connectivity index (χ0) is 20.0. The highest BCUT2D eigenvalue weighted by molar-refractivity contribution is 7.92. The van der Waals surface area contributed by atoms with Crippen LogP contribution in [0.3, 0.4) is 0 Å². The fourth-order valence-corrected chi connectivity index (χ4v) is 3.63. The number of hydroxylamine groups is 1. The van der Waals surface area contributed by atoms with Crippen molar-refractivity contribution in [3.8, 4) is 0 Å². The lowest BCUT2D eigenvalue weighted by Crippen LogP contribution is -2.23. The lowest BCUT2D eigenvalue weighted by molar-refractivity contribution is 0.0233. The van der Waals surface area contributed by atoms with Crippen molar-refractivity contribution in [2.45, 2.75) is 18.4 Å². The maximum atomic E-state index is 12.5. The summed E-state index contributed by atoms with van der Waals surface area (Å²) in [6, 6.07) is 22.2. The van der Waals surface area contributed by atoms with E-state index in [4.69, 9.17) is 4.84 Å². The van der Waals surface area contributed by atoms with E-state index in [-0.39, 0.29) is 11.5 Å². The molecule has 0 fully saturated rings. The van der Waals surface area contributed by atoms with Gasteiger partial charge >= 0.3 is 0 Å². The molecule has 0 unspecified atom stereocenters. The van der Waals surface area contributed by atoms with Crippen LogP contribution in [-0.2, 0) is 21.5 Å². The molecule has 7 heteroatoms. The Bertz CT molecular complexity index is 1050. The van der Waals surface area contributed by atoms with E-state index in [1.54, 1.807) is 12.1 Å². The monoisotopic (exact) mass is 396 g/mol. The fraction of sp³-hybridized carbons (Fsp3) is 0.0952. The third-order valence-electron chi connectivity index (χ3n) is 4.06. The SMILES string of the molecule is Cc1ccccc1NS(=O)(=O)c1ccc(C(=O)NOCc2ccccc2)cc1. The number of benzene rings is 3. The summed E-state index contributed by atoms with van der Waals surface area (Å²) in [7, 11) is -3.74. The summed E-state index contributed by atoms with van der Waals surface area (Å²) in [5, 5.41) is 0. The van der Waals surface area contributed by atoms with Gasteiger partial charge in [0.1, 0.15) is 0 Å². The molecule has 144 valence electrons. The molecule has 3 aromatic carbocycles. The minimum atomic E-state index is -3.74. The molecule has 1 amide bonds. The lowest BCUT2D eigenvalue weighted by atomic mass is 10.2. The number of anilines is 1. The third kappa shape index (κ3) is 4.97. The molecule has 2 N–H and O–H groups in total. The van der Waals surface area contributed by atoms with Gasteiger partial charge in [-0.05, 0) is 48.4 Å². The van der Waals surface area contributed by atoms with Crippen molar-refractivity contribution in [3.05, 3.63) is 95.6 Å². The maximum absolute atomic E-state index is 12.5. The summed E-state index contributed by atoms with van der Waals surface area (Å²) in [5.74, 6) is -0.452. The molecule has 0 bridgehead atoms. The second-order valence-electron chi connectivity index (χ2n) is 6.15. The molecule has 0 saturated heterocycles. The number of carbonyl (C=O) groups excluding carboxylic acids is 1. The molecule has 28 heavy (non-hydrogen) atoms. The first-order valence-electron chi connectivity index (χ1n) is 8.60. The molecule has 0 saturated carbocycles. The van der Waals surface area contributed by atoms with Gasteiger partial charge in [-0.3, -0.25) is 14.4 Å². The van der Waals surface area contributed by atoms with Crippen molar-refractivity contribution in [2.24, 2.45) is 0 Å². The molecule has 3 aromatic rings. The minimum absolute atomic E-state index is 0.0671. The van der Waals surface area contributed by atoms with Gasteiger partial charge in [-0.2, -0.15) is 0 Å².